The maximum atomic E-state index is 13.7. The molecule has 0 radical (unpaired) electrons. The SMILES string of the molecule is O=S(=O)(NC[C@H]1CC[C@H](CNc2nc(Nc3cccc(F)c3)c3ccccc3n2)CC1)c1cccc2ccccc12. The number of hydrogen-bond donors (Lipinski definition) is 3. The highest BCUT2D eigenvalue weighted by Crippen LogP contribution is 2.30. The molecule has 5 aromatic rings. The number of benzene rings is 4. The molecule has 1 aliphatic carbocycles. The van der Waals surface area contributed by atoms with E-state index in [1.807, 2.05) is 54.6 Å². The average molecular weight is 570 g/mol. The quantitative estimate of drug-likeness (QED) is 0.179. The van der Waals surface area contributed by atoms with Crippen LogP contribution in [0.15, 0.2) is 95.9 Å². The molecule has 6 rings (SSSR count). The molecule has 4 aromatic carbocycles. The third-order valence-corrected chi connectivity index (χ3v) is 9.29. The van der Waals surface area contributed by atoms with Crippen molar-refractivity contribution in [1.29, 1.82) is 0 Å². The lowest BCUT2D eigenvalue weighted by atomic mass is 9.82. The molecule has 1 heterocycles. The summed E-state index contributed by atoms with van der Waals surface area (Å²) in [5.74, 6) is 1.56. The van der Waals surface area contributed by atoms with Gasteiger partial charge in [0.15, 0.2) is 0 Å². The van der Waals surface area contributed by atoms with Gasteiger partial charge < -0.3 is 10.6 Å². The number of aromatic nitrogens is 2. The molecular formula is C32H32FN5O2S. The summed E-state index contributed by atoms with van der Waals surface area (Å²) < 4.78 is 42.8. The van der Waals surface area contributed by atoms with E-state index in [9.17, 15) is 12.8 Å². The third kappa shape index (κ3) is 6.31. The summed E-state index contributed by atoms with van der Waals surface area (Å²) in [7, 11) is -3.60. The van der Waals surface area contributed by atoms with Gasteiger partial charge in [0.25, 0.3) is 0 Å². The normalized spacial score (nSPS) is 17.5. The first-order chi connectivity index (χ1) is 19.9. The fraction of sp³-hybridized carbons (Fsp3) is 0.250. The summed E-state index contributed by atoms with van der Waals surface area (Å²) in [6, 6.07) is 27.0. The Morgan fingerprint density at radius 1 is 0.756 bits per heavy atom. The zero-order chi connectivity index (χ0) is 28.2. The standard InChI is InChI=1S/C32H32FN5O2S/c33-25-9-6-10-26(19-25)36-31-28-12-3-4-13-29(28)37-32(38-31)34-20-22-15-17-23(18-16-22)21-35-41(39,40)30-14-5-8-24-7-1-2-11-27(24)30/h1-14,19,22-23,35H,15-18,20-21H2,(H2,34,36,37,38)/t22-,23-. The van der Waals surface area contributed by atoms with Crippen molar-refractivity contribution in [2.75, 3.05) is 23.7 Å². The van der Waals surface area contributed by atoms with Crippen molar-refractivity contribution in [2.45, 2.75) is 30.6 Å². The van der Waals surface area contributed by atoms with E-state index in [0.29, 0.717) is 40.7 Å². The molecule has 1 fully saturated rings. The first-order valence-electron chi connectivity index (χ1n) is 14.0. The third-order valence-electron chi connectivity index (χ3n) is 7.81. The number of hydrogen-bond acceptors (Lipinski definition) is 6. The van der Waals surface area contributed by atoms with Gasteiger partial charge in [-0.25, -0.2) is 22.5 Å². The second kappa shape index (κ2) is 11.8. The van der Waals surface area contributed by atoms with E-state index >= 15 is 0 Å². The Morgan fingerprint density at radius 2 is 1.44 bits per heavy atom. The predicted octanol–water partition coefficient (Wildman–Crippen LogP) is 6.86. The molecule has 7 nitrogen and oxygen atoms in total. The molecule has 0 spiro atoms. The number of fused-ring (bicyclic) bond motifs is 2. The Labute approximate surface area is 239 Å². The highest BCUT2D eigenvalue weighted by atomic mass is 32.2. The zero-order valence-corrected chi connectivity index (χ0v) is 23.4. The van der Waals surface area contributed by atoms with E-state index in [2.05, 4.69) is 20.3 Å². The summed E-state index contributed by atoms with van der Waals surface area (Å²) in [5, 5.41) is 9.14. The maximum Gasteiger partial charge on any atom is 0.241 e. The van der Waals surface area contributed by atoms with Gasteiger partial charge in [0.1, 0.15) is 11.6 Å². The van der Waals surface area contributed by atoms with Crippen LogP contribution in [0.25, 0.3) is 21.7 Å². The fourth-order valence-electron chi connectivity index (χ4n) is 5.56. The lowest BCUT2D eigenvalue weighted by Crippen LogP contribution is -2.32. The van der Waals surface area contributed by atoms with E-state index in [1.165, 1.54) is 12.1 Å². The highest BCUT2D eigenvalue weighted by molar-refractivity contribution is 7.89. The van der Waals surface area contributed by atoms with Gasteiger partial charge >= 0.3 is 0 Å². The summed E-state index contributed by atoms with van der Waals surface area (Å²) in [6.07, 6.45) is 3.90. The number of para-hydroxylation sites is 1. The van der Waals surface area contributed by atoms with Crippen LogP contribution in [0, 0.1) is 17.7 Å². The number of rotatable bonds is 9. The molecular weight excluding hydrogens is 537 g/mol. The van der Waals surface area contributed by atoms with Crippen LogP contribution in [-0.2, 0) is 10.0 Å². The van der Waals surface area contributed by atoms with Gasteiger partial charge in [-0.1, -0.05) is 54.6 Å². The molecule has 9 heteroatoms. The molecule has 0 unspecified atom stereocenters. The van der Waals surface area contributed by atoms with Crippen LogP contribution in [0.3, 0.4) is 0 Å². The van der Waals surface area contributed by atoms with E-state index in [4.69, 9.17) is 4.98 Å². The smallest absolute Gasteiger partial charge is 0.241 e. The van der Waals surface area contributed by atoms with Gasteiger partial charge in [-0.05, 0) is 79.3 Å². The fourth-order valence-corrected chi connectivity index (χ4v) is 6.91. The molecule has 1 aliphatic rings. The summed E-state index contributed by atoms with van der Waals surface area (Å²) >= 11 is 0. The number of anilines is 3. The molecule has 0 saturated heterocycles. The van der Waals surface area contributed by atoms with Gasteiger partial charge in [0.05, 0.1) is 10.4 Å². The van der Waals surface area contributed by atoms with Crippen molar-refractivity contribution in [3.8, 4) is 0 Å². The highest BCUT2D eigenvalue weighted by Gasteiger charge is 2.24. The zero-order valence-electron chi connectivity index (χ0n) is 22.6. The number of nitrogens with one attached hydrogen (secondary N) is 3. The first kappa shape index (κ1) is 27.1. The Morgan fingerprint density at radius 3 is 2.24 bits per heavy atom. The second-order valence-electron chi connectivity index (χ2n) is 10.6. The van der Waals surface area contributed by atoms with Crippen LogP contribution in [0.2, 0.25) is 0 Å². The Kier molecular flexibility index (Phi) is 7.80. The van der Waals surface area contributed by atoms with Crippen LogP contribution in [0.5, 0.6) is 0 Å². The van der Waals surface area contributed by atoms with E-state index in [-0.39, 0.29) is 5.82 Å². The van der Waals surface area contributed by atoms with Crippen LogP contribution < -0.4 is 15.4 Å². The molecule has 3 N–H and O–H groups in total. The summed E-state index contributed by atoms with van der Waals surface area (Å²) in [4.78, 5) is 9.72. The van der Waals surface area contributed by atoms with Crippen molar-refractivity contribution < 1.29 is 12.8 Å². The molecule has 1 aromatic heterocycles. The van der Waals surface area contributed by atoms with Crippen LogP contribution in [0.4, 0.5) is 21.8 Å². The van der Waals surface area contributed by atoms with E-state index in [0.717, 1.165) is 53.9 Å². The lowest BCUT2D eigenvalue weighted by molar-refractivity contribution is 0.284. The minimum atomic E-state index is -3.60. The second-order valence-corrected chi connectivity index (χ2v) is 12.4. The largest absolute Gasteiger partial charge is 0.354 e. The van der Waals surface area contributed by atoms with Crippen molar-refractivity contribution in [2.24, 2.45) is 11.8 Å². The summed E-state index contributed by atoms with van der Waals surface area (Å²) in [5.41, 5.74) is 1.42. The van der Waals surface area contributed by atoms with E-state index < -0.39 is 10.0 Å². The van der Waals surface area contributed by atoms with Crippen molar-refractivity contribution in [3.05, 3.63) is 96.8 Å². The maximum absolute atomic E-state index is 13.7. The first-order valence-corrected chi connectivity index (χ1v) is 15.4. The average Bonchev–Trinajstić information content (AvgIpc) is 2.99. The topological polar surface area (TPSA) is 96.0 Å². The minimum Gasteiger partial charge on any atom is -0.354 e. The van der Waals surface area contributed by atoms with Gasteiger partial charge in [0, 0.05) is 29.5 Å². The monoisotopic (exact) mass is 569 g/mol. The van der Waals surface area contributed by atoms with Crippen molar-refractivity contribution in [3.63, 3.8) is 0 Å². The number of halogens is 1. The molecule has 0 aliphatic heterocycles. The molecule has 0 amide bonds. The minimum absolute atomic E-state index is 0.301. The molecule has 0 atom stereocenters. The molecule has 1 saturated carbocycles. The van der Waals surface area contributed by atoms with Gasteiger partial charge in [-0.3, -0.25) is 0 Å². The Bertz CT molecular complexity index is 1780. The summed E-state index contributed by atoms with van der Waals surface area (Å²) in [6.45, 7) is 1.17. The van der Waals surface area contributed by atoms with Gasteiger partial charge in [0.2, 0.25) is 16.0 Å². The number of nitrogens with zero attached hydrogens (tertiary/aromatic N) is 2. The van der Waals surface area contributed by atoms with Crippen LogP contribution >= 0.6 is 0 Å². The molecule has 0 bridgehead atoms. The lowest BCUT2D eigenvalue weighted by Gasteiger charge is -2.28. The van der Waals surface area contributed by atoms with Crippen LogP contribution in [-0.4, -0.2) is 31.5 Å². The molecule has 210 valence electrons. The van der Waals surface area contributed by atoms with E-state index in [1.54, 1.807) is 24.3 Å². The Hall–Kier alpha value is -4.08. The Balaban J connectivity index is 1.05. The van der Waals surface area contributed by atoms with Crippen molar-refractivity contribution in [1.82, 2.24) is 14.7 Å². The molecule has 41 heavy (non-hydrogen) atoms. The predicted molar refractivity (Wildman–Crippen MR) is 162 cm³/mol. The van der Waals surface area contributed by atoms with Gasteiger partial charge in [-0.2, -0.15) is 4.98 Å². The van der Waals surface area contributed by atoms with Crippen LogP contribution in [0.1, 0.15) is 25.7 Å². The number of sulfonamides is 1. The van der Waals surface area contributed by atoms with Crippen molar-refractivity contribution >= 4 is 49.2 Å². The van der Waals surface area contributed by atoms with Gasteiger partial charge in [-0.15, -0.1) is 0 Å².